The van der Waals surface area contributed by atoms with Crippen molar-refractivity contribution in [3.8, 4) is 0 Å². The van der Waals surface area contributed by atoms with Crippen molar-refractivity contribution in [1.29, 1.82) is 0 Å². The van der Waals surface area contributed by atoms with Crippen molar-refractivity contribution in [2.75, 3.05) is 25.5 Å². The fourth-order valence-corrected chi connectivity index (χ4v) is 2.70. The van der Waals surface area contributed by atoms with Gasteiger partial charge in [-0.05, 0) is 62.2 Å². The Morgan fingerprint density at radius 2 is 1.70 bits per heavy atom. The molecule has 2 aromatic carbocycles. The lowest BCUT2D eigenvalue weighted by Crippen LogP contribution is -2.38. The number of likely N-dealkylation sites (N-methyl/N-ethyl adjacent to an activating group) is 1. The van der Waals surface area contributed by atoms with Gasteiger partial charge in [-0.25, -0.2) is 4.39 Å². The summed E-state index contributed by atoms with van der Waals surface area (Å²) in [6.07, 6.45) is 0. The Morgan fingerprint density at radius 3 is 2.41 bits per heavy atom. The van der Waals surface area contributed by atoms with E-state index in [1.165, 1.54) is 6.07 Å². The van der Waals surface area contributed by atoms with Gasteiger partial charge in [-0.2, -0.15) is 0 Å². The van der Waals surface area contributed by atoms with E-state index < -0.39 is 0 Å². The maximum atomic E-state index is 13.3. The molecular formula is C21H26FN3O2. The number of nitrogens with one attached hydrogen (secondary N) is 2. The molecule has 2 N–H and O–H groups in total. The molecule has 0 radical (unpaired) electrons. The van der Waals surface area contributed by atoms with Crippen LogP contribution in [0.1, 0.15) is 22.3 Å². The smallest absolute Gasteiger partial charge is 0.238 e. The summed E-state index contributed by atoms with van der Waals surface area (Å²) in [6.45, 7) is 6.16. The average Bonchev–Trinajstić information content (AvgIpc) is 2.59. The largest absolute Gasteiger partial charge is 0.351 e. The second kappa shape index (κ2) is 9.28. The van der Waals surface area contributed by atoms with Crippen LogP contribution in [0.15, 0.2) is 36.4 Å². The highest BCUT2D eigenvalue weighted by atomic mass is 19.1. The molecule has 0 saturated carbocycles. The van der Waals surface area contributed by atoms with Crippen molar-refractivity contribution in [1.82, 2.24) is 10.2 Å². The van der Waals surface area contributed by atoms with E-state index in [1.807, 2.05) is 32.0 Å². The van der Waals surface area contributed by atoms with E-state index in [9.17, 15) is 14.0 Å². The number of amides is 2. The molecule has 2 rings (SSSR count). The maximum Gasteiger partial charge on any atom is 0.238 e. The Labute approximate surface area is 159 Å². The lowest BCUT2D eigenvalue weighted by Gasteiger charge is -2.17. The predicted octanol–water partition coefficient (Wildman–Crippen LogP) is 2.94. The number of halogens is 1. The third-order valence-electron chi connectivity index (χ3n) is 4.42. The fraction of sp³-hybridized carbons (Fsp3) is 0.333. The minimum atomic E-state index is -0.264. The van der Waals surface area contributed by atoms with Gasteiger partial charge in [-0.3, -0.25) is 14.5 Å². The molecular weight excluding hydrogens is 345 g/mol. The highest BCUT2D eigenvalue weighted by Gasteiger charge is 2.12. The number of nitrogens with zero attached hydrogens (tertiary/aromatic N) is 1. The lowest BCUT2D eigenvalue weighted by molar-refractivity contribution is -0.123. The van der Waals surface area contributed by atoms with Gasteiger partial charge >= 0.3 is 0 Å². The first-order valence-electron chi connectivity index (χ1n) is 8.82. The van der Waals surface area contributed by atoms with Crippen LogP contribution in [0.2, 0.25) is 0 Å². The zero-order chi connectivity index (χ0) is 20.0. The van der Waals surface area contributed by atoms with Gasteiger partial charge in [0, 0.05) is 12.2 Å². The van der Waals surface area contributed by atoms with Crippen LogP contribution in [0.5, 0.6) is 0 Å². The molecule has 0 aliphatic rings. The monoisotopic (exact) mass is 371 g/mol. The van der Waals surface area contributed by atoms with Crippen molar-refractivity contribution < 1.29 is 14.0 Å². The summed E-state index contributed by atoms with van der Waals surface area (Å²) in [7, 11) is 1.71. The number of hydrogen-bond donors (Lipinski definition) is 2. The third-order valence-corrected chi connectivity index (χ3v) is 4.42. The van der Waals surface area contributed by atoms with Crippen LogP contribution in [0, 0.1) is 26.6 Å². The van der Waals surface area contributed by atoms with E-state index in [-0.39, 0.29) is 30.7 Å². The minimum absolute atomic E-state index is 0.0976. The number of anilines is 1. The molecule has 0 bridgehead atoms. The topological polar surface area (TPSA) is 61.4 Å². The van der Waals surface area contributed by atoms with E-state index in [0.717, 1.165) is 22.4 Å². The van der Waals surface area contributed by atoms with E-state index in [0.29, 0.717) is 12.1 Å². The van der Waals surface area contributed by atoms with Gasteiger partial charge in [0.25, 0.3) is 0 Å². The minimum Gasteiger partial charge on any atom is -0.351 e. The van der Waals surface area contributed by atoms with Crippen LogP contribution < -0.4 is 10.6 Å². The molecule has 6 heteroatoms. The van der Waals surface area contributed by atoms with Crippen LogP contribution in [-0.2, 0) is 16.1 Å². The van der Waals surface area contributed by atoms with Crippen molar-refractivity contribution in [2.45, 2.75) is 27.3 Å². The van der Waals surface area contributed by atoms with E-state index in [1.54, 1.807) is 31.0 Å². The molecule has 2 amide bonds. The number of carbonyl (C=O) groups is 2. The molecule has 2 aromatic rings. The number of aryl methyl sites for hydroxylation is 2. The van der Waals surface area contributed by atoms with E-state index in [2.05, 4.69) is 10.6 Å². The first-order chi connectivity index (χ1) is 12.8. The van der Waals surface area contributed by atoms with Crippen molar-refractivity contribution >= 4 is 17.5 Å². The highest BCUT2D eigenvalue weighted by molar-refractivity contribution is 5.93. The first kappa shape index (κ1) is 20.6. The quantitative estimate of drug-likeness (QED) is 0.787. The van der Waals surface area contributed by atoms with Gasteiger partial charge in [-0.15, -0.1) is 0 Å². The molecule has 0 atom stereocenters. The van der Waals surface area contributed by atoms with Gasteiger partial charge in [0.2, 0.25) is 11.8 Å². The van der Waals surface area contributed by atoms with Crippen LogP contribution >= 0.6 is 0 Å². The predicted molar refractivity (Wildman–Crippen MR) is 105 cm³/mol. The maximum absolute atomic E-state index is 13.3. The van der Waals surface area contributed by atoms with Crippen molar-refractivity contribution in [3.63, 3.8) is 0 Å². The Bertz CT molecular complexity index is 836. The van der Waals surface area contributed by atoms with Crippen LogP contribution in [-0.4, -0.2) is 36.9 Å². The Kier molecular flexibility index (Phi) is 7.07. The number of hydrogen-bond acceptors (Lipinski definition) is 3. The van der Waals surface area contributed by atoms with Crippen molar-refractivity contribution in [2.24, 2.45) is 0 Å². The van der Waals surface area contributed by atoms with Gasteiger partial charge < -0.3 is 10.6 Å². The van der Waals surface area contributed by atoms with Gasteiger partial charge in [0.15, 0.2) is 0 Å². The Balaban J connectivity index is 1.79. The summed E-state index contributed by atoms with van der Waals surface area (Å²) >= 11 is 0. The fourth-order valence-electron chi connectivity index (χ4n) is 2.70. The van der Waals surface area contributed by atoms with E-state index >= 15 is 0 Å². The number of benzene rings is 2. The lowest BCUT2D eigenvalue weighted by atomic mass is 10.1. The molecule has 0 heterocycles. The zero-order valence-electron chi connectivity index (χ0n) is 16.2. The van der Waals surface area contributed by atoms with Crippen LogP contribution in [0.25, 0.3) is 0 Å². The highest BCUT2D eigenvalue weighted by Crippen LogP contribution is 2.17. The molecule has 5 nitrogen and oxygen atoms in total. The summed E-state index contributed by atoms with van der Waals surface area (Å²) in [5.41, 5.74) is 4.29. The summed E-state index contributed by atoms with van der Waals surface area (Å²) in [6, 6.07) is 10.5. The third kappa shape index (κ3) is 6.18. The molecule has 0 spiro atoms. The molecule has 0 aromatic heterocycles. The van der Waals surface area contributed by atoms with Gasteiger partial charge in [-0.1, -0.05) is 24.3 Å². The first-order valence-corrected chi connectivity index (χ1v) is 8.82. The van der Waals surface area contributed by atoms with Crippen LogP contribution in [0.3, 0.4) is 0 Å². The average molecular weight is 371 g/mol. The summed E-state index contributed by atoms with van der Waals surface area (Å²) < 4.78 is 13.3. The second-order valence-corrected chi connectivity index (χ2v) is 6.83. The van der Waals surface area contributed by atoms with E-state index in [4.69, 9.17) is 0 Å². The molecule has 0 aliphatic heterocycles. The number of rotatable bonds is 7. The van der Waals surface area contributed by atoms with Crippen molar-refractivity contribution in [3.05, 3.63) is 64.5 Å². The Morgan fingerprint density at radius 1 is 1.00 bits per heavy atom. The van der Waals surface area contributed by atoms with Gasteiger partial charge in [0.05, 0.1) is 13.1 Å². The summed E-state index contributed by atoms with van der Waals surface area (Å²) in [5, 5.41) is 5.66. The zero-order valence-corrected chi connectivity index (χ0v) is 16.2. The number of carbonyl (C=O) groups excluding carboxylic acids is 2. The molecule has 27 heavy (non-hydrogen) atoms. The molecule has 0 aliphatic carbocycles. The normalized spacial score (nSPS) is 10.7. The molecule has 0 unspecified atom stereocenters. The summed E-state index contributed by atoms with van der Waals surface area (Å²) in [5.74, 6) is -0.633. The SMILES string of the molecule is Cc1cc(CNC(=O)CN(C)CC(=O)Nc2cccc(C)c2C)ccc1F. The molecule has 0 saturated heterocycles. The standard InChI is InChI=1S/C21H26FN3O2/c1-14-6-5-7-19(16(14)3)24-21(27)13-25(4)12-20(26)23-11-17-8-9-18(22)15(2)10-17/h5-10H,11-13H2,1-4H3,(H,23,26)(H,24,27). The Hall–Kier alpha value is -2.73. The second-order valence-electron chi connectivity index (χ2n) is 6.83. The molecule has 0 fully saturated rings. The van der Waals surface area contributed by atoms with Crippen LogP contribution in [0.4, 0.5) is 10.1 Å². The molecule has 144 valence electrons. The summed E-state index contributed by atoms with van der Waals surface area (Å²) in [4.78, 5) is 25.9. The van der Waals surface area contributed by atoms with Gasteiger partial charge in [0.1, 0.15) is 5.82 Å².